The maximum Gasteiger partial charge on any atom is -0.00799 e. The van der Waals surface area contributed by atoms with Crippen LogP contribution in [-0.2, 0) is 0 Å². The number of rotatable bonds is 1. The fraction of sp³-hybridized carbons (Fsp3) is 0.667. The molecule has 5 N–H and O–H groups in total. The molecular weight excluding hydrogens is 200 g/mol. The minimum absolute atomic E-state index is 0.819. The van der Waals surface area contributed by atoms with Crippen molar-refractivity contribution in [2.24, 2.45) is 5.73 Å². The largest absolute Gasteiger partial charge is 0.330 e. The molecule has 0 saturated heterocycles. The summed E-state index contributed by atoms with van der Waals surface area (Å²) >= 11 is 0. The van der Waals surface area contributed by atoms with E-state index < -0.39 is 0 Å². The van der Waals surface area contributed by atoms with Crippen LogP contribution in [0.5, 0.6) is 0 Å². The van der Waals surface area contributed by atoms with E-state index in [1.165, 1.54) is 0 Å². The van der Waals surface area contributed by atoms with Crippen molar-refractivity contribution in [3.8, 4) is 0 Å². The second-order valence-corrected chi connectivity index (χ2v) is 1.70. The molecule has 4 nitrogen and oxygen atoms in total. The molecule has 0 aliphatic carbocycles. The molecule has 0 aliphatic heterocycles. The van der Waals surface area contributed by atoms with Gasteiger partial charge in [-0.3, -0.25) is 0 Å². The fourth-order valence-corrected chi connectivity index (χ4v) is 0. The third kappa shape index (κ3) is 38000000000000001390623291328167936. The highest BCUT2D eigenvalue weighted by Crippen LogP contribution is 1.57. The zero-order chi connectivity index (χ0) is 14.8. The van der Waals surface area contributed by atoms with E-state index in [4.69, 9.17) is 16.6 Å². The Hall–Kier alpha value is -1.00. The smallest absolute Gasteiger partial charge is 0.00799 e. The number of hydrogen-bond donors (Lipinski definition) is 4. The lowest BCUT2D eigenvalue weighted by atomic mass is 10.5. The number of allylic oxidation sites excluding steroid dienone is 1. The van der Waals surface area contributed by atoms with Crippen LogP contribution in [0.25, 0.3) is 0 Å². The molecule has 0 heterocycles. The van der Waals surface area contributed by atoms with Crippen LogP contribution >= 0.6 is 0 Å². The molecular formula is C12H34N4. The van der Waals surface area contributed by atoms with Crippen molar-refractivity contribution in [2.45, 2.75) is 34.1 Å². The SMILES string of the molecule is C=CC.C=N.C=N.CC.CCCN.CNC. The first-order valence-electron chi connectivity index (χ1n) is 5.31. The summed E-state index contributed by atoms with van der Waals surface area (Å²) in [5.74, 6) is 0. The molecule has 102 valence electrons. The highest BCUT2D eigenvalue weighted by atomic mass is 14.7. The van der Waals surface area contributed by atoms with Gasteiger partial charge < -0.3 is 21.9 Å². The van der Waals surface area contributed by atoms with E-state index >= 15 is 0 Å². The van der Waals surface area contributed by atoms with Crippen LogP contribution in [0.15, 0.2) is 12.7 Å². The summed E-state index contributed by atoms with van der Waals surface area (Å²) in [6, 6.07) is 0. The van der Waals surface area contributed by atoms with Gasteiger partial charge in [-0.25, -0.2) is 0 Å². The maximum absolute atomic E-state index is 5.50. The van der Waals surface area contributed by atoms with E-state index in [1.807, 2.05) is 34.9 Å². The van der Waals surface area contributed by atoms with Crippen LogP contribution in [0.4, 0.5) is 0 Å². The van der Waals surface area contributed by atoms with Crippen molar-refractivity contribution in [3.63, 3.8) is 0 Å². The van der Waals surface area contributed by atoms with Crippen molar-refractivity contribution in [1.29, 1.82) is 10.8 Å². The molecule has 0 fully saturated rings. The van der Waals surface area contributed by atoms with Gasteiger partial charge in [-0.1, -0.05) is 26.8 Å². The highest BCUT2D eigenvalue weighted by Gasteiger charge is 1.55. The first-order valence-corrected chi connectivity index (χ1v) is 5.31. The number of nitrogens with one attached hydrogen (secondary N) is 3. The Morgan fingerprint density at radius 3 is 1.19 bits per heavy atom. The number of hydrogen-bond acceptors (Lipinski definition) is 4. The van der Waals surface area contributed by atoms with Gasteiger partial charge in [-0.15, -0.1) is 6.58 Å². The van der Waals surface area contributed by atoms with Crippen LogP contribution in [0.1, 0.15) is 34.1 Å². The lowest BCUT2D eigenvalue weighted by Gasteiger charge is -1.70. The van der Waals surface area contributed by atoms with Crippen LogP contribution in [0, 0.1) is 10.8 Å². The van der Waals surface area contributed by atoms with Gasteiger partial charge in [0.05, 0.1) is 0 Å². The summed E-state index contributed by atoms with van der Waals surface area (Å²) in [5.41, 5.74) is 5.03. The van der Waals surface area contributed by atoms with Crippen molar-refractivity contribution in [1.82, 2.24) is 5.32 Å². The van der Waals surface area contributed by atoms with E-state index in [9.17, 15) is 0 Å². The predicted octanol–water partition coefficient (Wildman–Crippen LogP) is 2.94. The summed E-state index contributed by atoms with van der Waals surface area (Å²) < 4.78 is 0. The molecule has 0 radical (unpaired) electrons. The van der Waals surface area contributed by atoms with Gasteiger partial charge in [-0.2, -0.15) is 0 Å². The van der Waals surface area contributed by atoms with Gasteiger partial charge in [0, 0.05) is 0 Å². The molecule has 0 bridgehead atoms. The molecule has 0 aromatic heterocycles. The minimum atomic E-state index is 0.819. The first-order chi connectivity index (χ1) is 7.74. The van der Waals surface area contributed by atoms with Crippen LogP contribution in [0.2, 0.25) is 0 Å². The summed E-state index contributed by atoms with van der Waals surface area (Å²) in [4.78, 5) is 0. The lowest BCUT2D eigenvalue weighted by molar-refractivity contribution is 0.932. The zero-order valence-corrected chi connectivity index (χ0v) is 12.2. The normalized spacial score (nSPS) is 4.69. The maximum atomic E-state index is 5.50. The third-order valence-electron chi connectivity index (χ3n) is 0.289. The van der Waals surface area contributed by atoms with E-state index in [0.717, 1.165) is 13.0 Å². The Balaban J connectivity index is -0.0000000193. The summed E-state index contributed by atoms with van der Waals surface area (Å²) in [6.07, 6.45) is 2.85. The van der Waals surface area contributed by atoms with Crippen LogP contribution < -0.4 is 11.1 Å². The molecule has 16 heavy (non-hydrogen) atoms. The molecule has 0 spiro atoms. The predicted molar refractivity (Wildman–Crippen MR) is 81.2 cm³/mol. The van der Waals surface area contributed by atoms with Gasteiger partial charge >= 0.3 is 0 Å². The topological polar surface area (TPSA) is 85.8 Å². The molecule has 0 atom stereocenters. The second kappa shape index (κ2) is 263. The van der Waals surface area contributed by atoms with E-state index in [2.05, 4.69) is 32.3 Å². The molecule has 0 unspecified atom stereocenters. The van der Waals surface area contributed by atoms with Gasteiger partial charge in [0.2, 0.25) is 0 Å². The minimum Gasteiger partial charge on any atom is -0.330 e. The quantitative estimate of drug-likeness (QED) is 0.415. The van der Waals surface area contributed by atoms with Crippen molar-refractivity contribution in [3.05, 3.63) is 12.7 Å². The summed E-state index contributed by atoms with van der Waals surface area (Å²) in [5, 5.41) is 13.8. The fourth-order valence-electron chi connectivity index (χ4n) is 0. The monoisotopic (exact) mass is 234 g/mol. The Kier molecular flexibility index (Phi) is 596. The Morgan fingerprint density at radius 2 is 1.19 bits per heavy atom. The molecule has 0 aromatic rings. The van der Waals surface area contributed by atoms with E-state index in [0.29, 0.717) is 0 Å². The summed E-state index contributed by atoms with van der Waals surface area (Å²) in [6.45, 7) is 17.1. The van der Waals surface area contributed by atoms with E-state index in [-0.39, 0.29) is 0 Å². The Bertz CT molecular complexity index is 55.0. The summed E-state index contributed by atoms with van der Waals surface area (Å²) in [7, 11) is 3.75. The second-order valence-electron chi connectivity index (χ2n) is 1.70. The van der Waals surface area contributed by atoms with E-state index in [1.54, 1.807) is 6.08 Å². The third-order valence-corrected chi connectivity index (χ3v) is 0.289. The van der Waals surface area contributed by atoms with Crippen LogP contribution in [-0.4, -0.2) is 34.1 Å². The molecule has 0 saturated carbocycles. The first kappa shape index (κ1) is 36.3. The number of nitrogens with two attached hydrogens (primary N) is 1. The Morgan fingerprint density at radius 1 is 1.12 bits per heavy atom. The molecule has 0 amide bonds. The molecule has 0 aromatic carbocycles. The van der Waals surface area contributed by atoms with Gasteiger partial charge in [0.15, 0.2) is 0 Å². The van der Waals surface area contributed by atoms with Gasteiger partial charge in [0.1, 0.15) is 0 Å². The highest BCUT2D eigenvalue weighted by molar-refractivity contribution is 5.16. The van der Waals surface area contributed by atoms with Crippen molar-refractivity contribution >= 4 is 13.4 Å². The van der Waals surface area contributed by atoms with Crippen LogP contribution in [0.3, 0.4) is 0 Å². The molecule has 4 heteroatoms. The Labute approximate surface area is 103 Å². The molecule has 0 aliphatic rings. The van der Waals surface area contributed by atoms with Gasteiger partial charge in [0.25, 0.3) is 0 Å². The average molecular weight is 234 g/mol. The van der Waals surface area contributed by atoms with Crippen molar-refractivity contribution in [2.75, 3.05) is 20.6 Å². The van der Waals surface area contributed by atoms with Gasteiger partial charge in [-0.05, 0) is 47.4 Å². The average Bonchev–Trinajstić information content (AvgIpc) is 2.38. The standard InChI is InChI=1S/C3H9N.C3H6.C2H7N.C2H6.2CH3N/c1-2-3-4;2*1-3-2;3*1-2/h2-4H2,1H3;3H,1H2,2H3;3H,1-2H3;1-2H3;2*2H,1H2. The molecule has 0 rings (SSSR count). The lowest BCUT2D eigenvalue weighted by Crippen LogP contribution is -1.93. The zero-order valence-electron chi connectivity index (χ0n) is 12.2. The van der Waals surface area contributed by atoms with Crippen molar-refractivity contribution < 1.29 is 0 Å².